The van der Waals surface area contributed by atoms with Gasteiger partial charge in [0.15, 0.2) is 5.82 Å². The van der Waals surface area contributed by atoms with Crippen molar-refractivity contribution in [2.24, 2.45) is 11.7 Å². The Morgan fingerprint density at radius 2 is 2.26 bits per heavy atom. The van der Waals surface area contributed by atoms with Gasteiger partial charge < -0.3 is 10.3 Å². The van der Waals surface area contributed by atoms with Crippen molar-refractivity contribution in [2.45, 2.75) is 58.5 Å². The van der Waals surface area contributed by atoms with Crippen LogP contribution in [0.4, 0.5) is 0 Å². The first-order valence-corrected chi connectivity index (χ1v) is 7.52. The molecule has 2 heterocycles. The molecular weight excluding hydrogens is 240 g/mol. The fourth-order valence-corrected chi connectivity index (χ4v) is 2.86. The van der Waals surface area contributed by atoms with E-state index in [2.05, 4.69) is 28.9 Å². The molecule has 2 atom stereocenters. The molecule has 1 aromatic rings. The number of nitrogens with zero attached hydrogens (tertiary/aromatic N) is 3. The molecule has 5 nitrogen and oxygen atoms in total. The lowest BCUT2D eigenvalue weighted by atomic mass is 9.89. The molecular formula is C14H26N4O. The molecule has 108 valence electrons. The monoisotopic (exact) mass is 266 g/mol. The second-order valence-electron chi connectivity index (χ2n) is 5.51. The Balaban J connectivity index is 1.93. The SMILES string of the molecule is CCCc1noc(CN2CCC(CC)CC2CN)n1. The third-order valence-corrected chi connectivity index (χ3v) is 4.12. The zero-order chi connectivity index (χ0) is 13.7. The van der Waals surface area contributed by atoms with Gasteiger partial charge in [0.1, 0.15) is 0 Å². The topological polar surface area (TPSA) is 68.2 Å². The van der Waals surface area contributed by atoms with Crippen molar-refractivity contribution in [2.75, 3.05) is 13.1 Å². The van der Waals surface area contributed by atoms with Crippen LogP contribution in [0.3, 0.4) is 0 Å². The van der Waals surface area contributed by atoms with Crippen LogP contribution in [0.25, 0.3) is 0 Å². The molecule has 0 bridgehead atoms. The molecule has 0 radical (unpaired) electrons. The Labute approximate surface area is 115 Å². The highest BCUT2D eigenvalue weighted by molar-refractivity contribution is 4.89. The molecule has 0 aromatic carbocycles. The Bertz CT molecular complexity index is 379. The van der Waals surface area contributed by atoms with Crippen LogP contribution in [0.1, 0.15) is 51.2 Å². The quantitative estimate of drug-likeness (QED) is 0.852. The molecule has 1 aliphatic heterocycles. The van der Waals surface area contributed by atoms with Crippen molar-refractivity contribution in [1.82, 2.24) is 15.0 Å². The van der Waals surface area contributed by atoms with Crippen LogP contribution in [-0.4, -0.2) is 34.2 Å². The van der Waals surface area contributed by atoms with Gasteiger partial charge in [0.25, 0.3) is 0 Å². The number of hydrogen-bond donors (Lipinski definition) is 1. The van der Waals surface area contributed by atoms with Crippen LogP contribution >= 0.6 is 0 Å². The van der Waals surface area contributed by atoms with E-state index < -0.39 is 0 Å². The van der Waals surface area contributed by atoms with Gasteiger partial charge in [0.2, 0.25) is 5.89 Å². The Hall–Kier alpha value is -0.940. The minimum Gasteiger partial charge on any atom is -0.338 e. The van der Waals surface area contributed by atoms with Crippen LogP contribution < -0.4 is 5.73 Å². The molecule has 2 unspecified atom stereocenters. The molecule has 2 N–H and O–H groups in total. The second-order valence-corrected chi connectivity index (χ2v) is 5.51. The number of rotatable bonds is 6. The molecule has 1 saturated heterocycles. The summed E-state index contributed by atoms with van der Waals surface area (Å²) in [7, 11) is 0. The first kappa shape index (κ1) is 14.5. The van der Waals surface area contributed by atoms with Crippen molar-refractivity contribution < 1.29 is 4.52 Å². The van der Waals surface area contributed by atoms with Crippen molar-refractivity contribution >= 4 is 0 Å². The molecule has 0 spiro atoms. The average Bonchev–Trinajstić information content (AvgIpc) is 2.87. The summed E-state index contributed by atoms with van der Waals surface area (Å²) in [6.07, 6.45) is 5.64. The Morgan fingerprint density at radius 3 is 2.95 bits per heavy atom. The van der Waals surface area contributed by atoms with E-state index in [0.29, 0.717) is 12.6 Å². The summed E-state index contributed by atoms with van der Waals surface area (Å²) in [5, 5.41) is 4.01. The standard InChI is InChI=1S/C14H26N4O/c1-3-5-13-16-14(19-17-13)10-18-7-6-11(4-2)8-12(18)9-15/h11-12H,3-10,15H2,1-2H3. The van der Waals surface area contributed by atoms with Gasteiger partial charge in [-0.2, -0.15) is 4.98 Å². The highest BCUT2D eigenvalue weighted by atomic mass is 16.5. The molecule has 5 heteroatoms. The molecule has 1 aromatic heterocycles. The fourth-order valence-electron chi connectivity index (χ4n) is 2.86. The van der Waals surface area contributed by atoms with Gasteiger partial charge in [0, 0.05) is 19.0 Å². The van der Waals surface area contributed by atoms with Gasteiger partial charge in [-0.3, -0.25) is 4.90 Å². The van der Waals surface area contributed by atoms with Crippen LogP contribution in [0.5, 0.6) is 0 Å². The highest BCUT2D eigenvalue weighted by Gasteiger charge is 2.27. The highest BCUT2D eigenvalue weighted by Crippen LogP contribution is 2.25. The van der Waals surface area contributed by atoms with Crippen LogP contribution in [0.15, 0.2) is 4.52 Å². The number of hydrogen-bond acceptors (Lipinski definition) is 5. The number of aromatic nitrogens is 2. The number of piperidine rings is 1. The van der Waals surface area contributed by atoms with Gasteiger partial charge in [-0.05, 0) is 31.7 Å². The molecule has 2 rings (SSSR count). The summed E-state index contributed by atoms with van der Waals surface area (Å²) in [4.78, 5) is 6.84. The predicted molar refractivity (Wildman–Crippen MR) is 74.6 cm³/mol. The molecule has 0 aliphatic carbocycles. The first-order chi connectivity index (χ1) is 9.26. The fraction of sp³-hybridized carbons (Fsp3) is 0.857. The molecule has 0 saturated carbocycles. The van der Waals surface area contributed by atoms with Gasteiger partial charge >= 0.3 is 0 Å². The maximum Gasteiger partial charge on any atom is 0.240 e. The van der Waals surface area contributed by atoms with Gasteiger partial charge in [-0.25, -0.2) is 0 Å². The second kappa shape index (κ2) is 7.01. The first-order valence-electron chi connectivity index (χ1n) is 7.52. The summed E-state index contributed by atoms with van der Waals surface area (Å²) in [5.41, 5.74) is 5.91. The predicted octanol–water partition coefficient (Wildman–Crippen LogP) is 1.97. The minimum atomic E-state index is 0.459. The van der Waals surface area contributed by atoms with Crippen molar-refractivity contribution in [3.8, 4) is 0 Å². The van der Waals surface area contributed by atoms with E-state index in [1.165, 1.54) is 19.3 Å². The lowest BCUT2D eigenvalue weighted by molar-refractivity contribution is 0.0953. The summed E-state index contributed by atoms with van der Waals surface area (Å²) in [5.74, 6) is 2.38. The third kappa shape index (κ3) is 3.76. The zero-order valence-electron chi connectivity index (χ0n) is 12.1. The number of aryl methyl sites for hydroxylation is 1. The van der Waals surface area contributed by atoms with Crippen molar-refractivity contribution in [3.05, 3.63) is 11.7 Å². The van der Waals surface area contributed by atoms with E-state index in [0.717, 1.165) is 43.6 Å². The molecule has 1 aliphatic rings. The third-order valence-electron chi connectivity index (χ3n) is 4.12. The van der Waals surface area contributed by atoms with E-state index in [9.17, 15) is 0 Å². The Morgan fingerprint density at radius 1 is 1.42 bits per heavy atom. The smallest absolute Gasteiger partial charge is 0.240 e. The number of likely N-dealkylation sites (tertiary alicyclic amines) is 1. The molecule has 0 amide bonds. The van der Waals surface area contributed by atoms with E-state index in [4.69, 9.17) is 10.3 Å². The van der Waals surface area contributed by atoms with E-state index >= 15 is 0 Å². The maximum absolute atomic E-state index is 5.91. The lowest BCUT2D eigenvalue weighted by Gasteiger charge is -2.37. The number of nitrogens with two attached hydrogens (primary N) is 1. The van der Waals surface area contributed by atoms with Gasteiger partial charge in [0.05, 0.1) is 6.54 Å². The van der Waals surface area contributed by atoms with Crippen LogP contribution in [-0.2, 0) is 13.0 Å². The zero-order valence-corrected chi connectivity index (χ0v) is 12.1. The average molecular weight is 266 g/mol. The van der Waals surface area contributed by atoms with E-state index in [1.54, 1.807) is 0 Å². The lowest BCUT2D eigenvalue weighted by Crippen LogP contribution is -2.46. The largest absolute Gasteiger partial charge is 0.338 e. The Kier molecular flexibility index (Phi) is 5.34. The summed E-state index contributed by atoms with van der Waals surface area (Å²) >= 11 is 0. The summed E-state index contributed by atoms with van der Waals surface area (Å²) in [6, 6.07) is 0.459. The van der Waals surface area contributed by atoms with Crippen LogP contribution in [0, 0.1) is 5.92 Å². The van der Waals surface area contributed by atoms with E-state index in [-0.39, 0.29) is 0 Å². The van der Waals surface area contributed by atoms with E-state index in [1.807, 2.05) is 0 Å². The maximum atomic E-state index is 5.91. The summed E-state index contributed by atoms with van der Waals surface area (Å²) < 4.78 is 5.32. The van der Waals surface area contributed by atoms with Gasteiger partial charge in [-0.15, -0.1) is 0 Å². The summed E-state index contributed by atoms with van der Waals surface area (Å²) in [6.45, 7) is 6.94. The normalized spacial score (nSPS) is 24.8. The van der Waals surface area contributed by atoms with Crippen LogP contribution in [0.2, 0.25) is 0 Å². The van der Waals surface area contributed by atoms with Crippen molar-refractivity contribution in [1.29, 1.82) is 0 Å². The van der Waals surface area contributed by atoms with Crippen molar-refractivity contribution in [3.63, 3.8) is 0 Å². The molecule has 1 fully saturated rings. The molecule has 19 heavy (non-hydrogen) atoms. The van der Waals surface area contributed by atoms with Gasteiger partial charge in [-0.1, -0.05) is 25.4 Å². The minimum absolute atomic E-state index is 0.459.